The molecule has 0 heterocycles. The highest BCUT2D eigenvalue weighted by molar-refractivity contribution is 4.95. The summed E-state index contributed by atoms with van der Waals surface area (Å²) in [6.45, 7) is 0.292. The molecule has 2 bridgehead atoms. The SMILES string of the molecule is OCCC1C[C@@H]2CC(O)[C@H]1C2. The Kier molecular flexibility index (Phi) is 1.90. The van der Waals surface area contributed by atoms with Crippen LogP contribution >= 0.6 is 0 Å². The van der Waals surface area contributed by atoms with Crippen molar-refractivity contribution >= 4 is 0 Å². The van der Waals surface area contributed by atoms with Gasteiger partial charge in [0.15, 0.2) is 0 Å². The van der Waals surface area contributed by atoms with Crippen molar-refractivity contribution in [3.63, 3.8) is 0 Å². The molecule has 0 radical (unpaired) electrons. The Morgan fingerprint density at radius 1 is 1.18 bits per heavy atom. The van der Waals surface area contributed by atoms with Crippen molar-refractivity contribution in [3.8, 4) is 0 Å². The van der Waals surface area contributed by atoms with Crippen molar-refractivity contribution < 1.29 is 10.2 Å². The maximum atomic E-state index is 9.53. The van der Waals surface area contributed by atoms with Gasteiger partial charge in [0.1, 0.15) is 0 Å². The van der Waals surface area contributed by atoms with Crippen LogP contribution in [0.2, 0.25) is 0 Å². The molecule has 2 saturated carbocycles. The van der Waals surface area contributed by atoms with Gasteiger partial charge in [0.05, 0.1) is 6.10 Å². The van der Waals surface area contributed by atoms with Crippen LogP contribution in [0.1, 0.15) is 25.7 Å². The zero-order chi connectivity index (χ0) is 7.84. The predicted octanol–water partition coefficient (Wildman–Crippen LogP) is 0.776. The van der Waals surface area contributed by atoms with E-state index in [1.807, 2.05) is 0 Å². The average molecular weight is 156 g/mol. The van der Waals surface area contributed by atoms with E-state index in [1.54, 1.807) is 0 Å². The molecule has 64 valence electrons. The molecule has 0 aromatic heterocycles. The van der Waals surface area contributed by atoms with E-state index < -0.39 is 0 Å². The minimum absolute atomic E-state index is 0.0506. The fraction of sp³-hybridized carbons (Fsp3) is 1.00. The summed E-state index contributed by atoms with van der Waals surface area (Å²) in [5.41, 5.74) is 0. The molecule has 11 heavy (non-hydrogen) atoms. The summed E-state index contributed by atoms with van der Waals surface area (Å²) in [5, 5.41) is 18.3. The Bertz CT molecular complexity index is 146. The Hall–Kier alpha value is -0.0800. The van der Waals surface area contributed by atoms with E-state index in [-0.39, 0.29) is 6.10 Å². The second kappa shape index (κ2) is 2.76. The van der Waals surface area contributed by atoms with E-state index in [4.69, 9.17) is 5.11 Å². The van der Waals surface area contributed by atoms with Gasteiger partial charge < -0.3 is 10.2 Å². The van der Waals surface area contributed by atoms with Crippen LogP contribution in [-0.4, -0.2) is 22.9 Å². The highest BCUT2D eigenvalue weighted by Gasteiger charge is 2.44. The van der Waals surface area contributed by atoms with Gasteiger partial charge in [-0.1, -0.05) is 0 Å². The summed E-state index contributed by atoms with van der Waals surface area (Å²) in [6, 6.07) is 0. The van der Waals surface area contributed by atoms with Gasteiger partial charge in [0.2, 0.25) is 0 Å². The fourth-order valence-electron chi connectivity index (χ4n) is 2.95. The predicted molar refractivity (Wildman–Crippen MR) is 42.0 cm³/mol. The minimum Gasteiger partial charge on any atom is -0.396 e. The molecule has 2 unspecified atom stereocenters. The molecule has 0 aromatic carbocycles. The summed E-state index contributed by atoms with van der Waals surface area (Å²) < 4.78 is 0. The second-order valence-corrected chi connectivity index (χ2v) is 4.08. The normalized spacial score (nSPS) is 48.5. The first-order valence-corrected chi connectivity index (χ1v) is 4.60. The smallest absolute Gasteiger partial charge is 0.0573 e. The summed E-state index contributed by atoms with van der Waals surface area (Å²) in [6.07, 6.45) is 4.34. The fourth-order valence-corrected chi connectivity index (χ4v) is 2.95. The topological polar surface area (TPSA) is 40.5 Å². The lowest BCUT2D eigenvalue weighted by molar-refractivity contribution is 0.0709. The zero-order valence-corrected chi connectivity index (χ0v) is 6.74. The Morgan fingerprint density at radius 3 is 2.55 bits per heavy atom. The lowest BCUT2D eigenvalue weighted by Gasteiger charge is -2.25. The highest BCUT2D eigenvalue weighted by atomic mass is 16.3. The summed E-state index contributed by atoms with van der Waals surface area (Å²) >= 11 is 0. The van der Waals surface area contributed by atoms with E-state index in [2.05, 4.69) is 0 Å². The van der Waals surface area contributed by atoms with Gasteiger partial charge in [-0.2, -0.15) is 0 Å². The van der Waals surface area contributed by atoms with E-state index in [9.17, 15) is 5.11 Å². The molecule has 0 aromatic rings. The monoisotopic (exact) mass is 156 g/mol. The number of aliphatic hydroxyl groups excluding tert-OH is 2. The van der Waals surface area contributed by atoms with Crippen molar-refractivity contribution in [2.24, 2.45) is 17.8 Å². The van der Waals surface area contributed by atoms with Crippen LogP contribution in [0.25, 0.3) is 0 Å². The van der Waals surface area contributed by atoms with Gasteiger partial charge in [-0.05, 0) is 43.4 Å². The minimum atomic E-state index is -0.0506. The summed E-state index contributed by atoms with van der Waals surface area (Å²) in [5.74, 6) is 1.91. The highest BCUT2D eigenvalue weighted by Crippen LogP contribution is 2.49. The van der Waals surface area contributed by atoms with Gasteiger partial charge in [-0.25, -0.2) is 0 Å². The number of fused-ring (bicyclic) bond motifs is 2. The van der Waals surface area contributed by atoms with Crippen LogP contribution in [-0.2, 0) is 0 Å². The van der Waals surface area contributed by atoms with E-state index in [0.717, 1.165) is 18.8 Å². The lowest BCUT2D eigenvalue weighted by Crippen LogP contribution is -2.24. The molecule has 2 aliphatic rings. The van der Waals surface area contributed by atoms with Crippen LogP contribution in [0, 0.1) is 17.8 Å². The third kappa shape index (κ3) is 1.18. The van der Waals surface area contributed by atoms with E-state index >= 15 is 0 Å². The van der Waals surface area contributed by atoms with E-state index in [1.165, 1.54) is 12.8 Å². The average Bonchev–Trinajstić information content (AvgIpc) is 2.46. The van der Waals surface area contributed by atoms with Crippen LogP contribution in [0.5, 0.6) is 0 Å². The van der Waals surface area contributed by atoms with E-state index in [0.29, 0.717) is 18.4 Å². The van der Waals surface area contributed by atoms with Crippen molar-refractivity contribution in [1.82, 2.24) is 0 Å². The quantitative estimate of drug-likeness (QED) is 0.620. The number of aliphatic hydroxyl groups is 2. The van der Waals surface area contributed by atoms with Gasteiger partial charge in [-0.15, -0.1) is 0 Å². The van der Waals surface area contributed by atoms with Gasteiger partial charge in [0.25, 0.3) is 0 Å². The standard InChI is InChI=1S/C9H16O2/c10-2-1-7-3-6-4-8(7)9(11)5-6/h6-11H,1-5H2/t6-,7?,8-,9?/m0/s1. The van der Waals surface area contributed by atoms with Gasteiger partial charge in [0, 0.05) is 6.61 Å². The first-order chi connectivity index (χ1) is 5.31. The number of hydrogen-bond acceptors (Lipinski definition) is 2. The van der Waals surface area contributed by atoms with Crippen molar-refractivity contribution in [2.45, 2.75) is 31.8 Å². The summed E-state index contributed by atoms with van der Waals surface area (Å²) in [7, 11) is 0. The summed E-state index contributed by atoms with van der Waals surface area (Å²) in [4.78, 5) is 0. The lowest BCUT2D eigenvalue weighted by atomic mass is 9.85. The molecule has 2 heteroatoms. The molecule has 2 aliphatic carbocycles. The molecule has 2 fully saturated rings. The third-order valence-electron chi connectivity index (χ3n) is 3.42. The molecule has 4 atom stereocenters. The Morgan fingerprint density at radius 2 is 2.00 bits per heavy atom. The first kappa shape index (κ1) is 7.56. The van der Waals surface area contributed by atoms with Crippen molar-refractivity contribution in [3.05, 3.63) is 0 Å². The number of rotatable bonds is 2. The molecular formula is C9H16O2. The van der Waals surface area contributed by atoms with Crippen LogP contribution < -0.4 is 0 Å². The molecule has 0 spiro atoms. The maximum absolute atomic E-state index is 9.53. The molecule has 2 rings (SSSR count). The number of hydrogen-bond donors (Lipinski definition) is 2. The second-order valence-electron chi connectivity index (χ2n) is 4.08. The molecular weight excluding hydrogens is 140 g/mol. The molecule has 2 nitrogen and oxygen atoms in total. The zero-order valence-electron chi connectivity index (χ0n) is 6.74. The van der Waals surface area contributed by atoms with Crippen LogP contribution in [0.3, 0.4) is 0 Å². The van der Waals surface area contributed by atoms with Crippen molar-refractivity contribution in [2.75, 3.05) is 6.61 Å². The van der Waals surface area contributed by atoms with Crippen LogP contribution in [0.15, 0.2) is 0 Å². The van der Waals surface area contributed by atoms with Crippen LogP contribution in [0.4, 0.5) is 0 Å². The molecule has 0 saturated heterocycles. The molecule has 0 amide bonds. The van der Waals surface area contributed by atoms with Crippen molar-refractivity contribution in [1.29, 1.82) is 0 Å². The van der Waals surface area contributed by atoms with Gasteiger partial charge in [-0.3, -0.25) is 0 Å². The Balaban J connectivity index is 1.96. The Labute approximate surface area is 67.2 Å². The first-order valence-electron chi connectivity index (χ1n) is 4.60. The third-order valence-corrected chi connectivity index (χ3v) is 3.42. The maximum Gasteiger partial charge on any atom is 0.0573 e. The largest absolute Gasteiger partial charge is 0.396 e. The molecule has 2 N–H and O–H groups in total. The molecule has 0 aliphatic heterocycles. The van der Waals surface area contributed by atoms with Gasteiger partial charge >= 0.3 is 0 Å².